The van der Waals surface area contributed by atoms with Gasteiger partial charge in [-0.05, 0) is 18.3 Å². The molecule has 0 spiro atoms. The average molecular weight is 272 g/mol. The van der Waals surface area contributed by atoms with E-state index in [4.69, 9.17) is 9.47 Å². The summed E-state index contributed by atoms with van der Waals surface area (Å²) in [6.45, 7) is 15.1. The number of aliphatic hydroxyl groups is 1. The minimum Gasteiger partial charge on any atom is -0.380 e. The van der Waals surface area contributed by atoms with Crippen LogP contribution in [0.3, 0.4) is 0 Å². The van der Waals surface area contributed by atoms with Crippen molar-refractivity contribution >= 4 is 0 Å². The molecule has 114 valence electrons. The first-order valence-electron chi connectivity index (χ1n) is 7.58. The van der Waals surface area contributed by atoms with Crippen molar-refractivity contribution in [3.63, 3.8) is 0 Å². The highest BCUT2D eigenvalue weighted by Gasteiger charge is 2.45. The van der Waals surface area contributed by atoms with Crippen LogP contribution in [0.1, 0.15) is 60.8 Å². The molecule has 3 heteroatoms. The van der Waals surface area contributed by atoms with E-state index in [0.29, 0.717) is 6.61 Å². The second kappa shape index (κ2) is 6.11. The molecular formula is C16H32O3. The molecule has 0 aliphatic carbocycles. The van der Waals surface area contributed by atoms with Crippen LogP contribution in [0.5, 0.6) is 0 Å². The molecule has 1 rings (SSSR count). The lowest BCUT2D eigenvalue weighted by molar-refractivity contribution is -0.243. The predicted molar refractivity (Wildman–Crippen MR) is 78.0 cm³/mol. The summed E-state index contributed by atoms with van der Waals surface area (Å²) in [6, 6.07) is 0. The summed E-state index contributed by atoms with van der Waals surface area (Å²) in [7, 11) is 0. The second-order valence-electron chi connectivity index (χ2n) is 7.43. The fourth-order valence-electron chi connectivity index (χ4n) is 2.61. The van der Waals surface area contributed by atoms with Crippen LogP contribution in [-0.4, -0.2) is 31.2 Å². The molecule has 0 bridgehead atoms. The van der Waals surface area contributed by atoms with Crippen molar-refractivity contribution in [1.29, 1.82) is 0 Å². The van der Waals surface area contributed by atoms with Crippen LogP contribution in [0.2, 0.25) is 0 Å². The maximum Gasteiger partial charge on any atom is 0.160 e. The summed E-state index contributed by atoms with van der Waals surface area (Å²) in [5.74, 6) is 0. The summed E-state index contributed by atoms with van der Waals surface area (Å²) in [5, 5.41) is 10.6. The van der Waals surface area contributed by atoms with Gasteiger partial charge in [0.2, 0.25) is 0 Å². The Bertz CT molecular complexity index is 273. The van der Waals surface area contributed by atoms with Crippen LogP contribution in [-0.2, 0) is 9.47 Å². The highest BCUT2D eigenvalue weighted by molar-refractivity contribution is 4.90. The minimum absolute atomic E-state index is 0.0118. The maximum absolute atomic E-state index is 10.6. The number of rotatable bonds is 7. The molecule has 0 amide bonds. The van der Waals surface area contributed by atoms with E-state index in [1.807, 2.05) is 0 Å². The third-order valence-corrected chi connectivity index (χ3v) is 5.14. The van der Waals surface area contributed by atoms with E-state index < -0.39 is 6.29 Å². The largest absolute Gasteiger partial charge is 0.380 e. The summed E-state index contributed by atoms with van der Waals surface area (Å²) >= 11 is 0. The van der Waals surface area contributed by atoms with E-state index in [0.717, 1.165) is 32.5 Å². The van der Waals surface area contributed by atoms with Crippen molar-refractivity contribution in [3.8, 4) is 0 Å². The Morgan fingerprint density at radius 3 is 2.11 bits per heavy atom. The van der Waals surface area contributed by atoms with Gasteiger partial charge in [-0.2, -0.15) is 0 Å². The van der Waals surface area contributed by atoms with E-state index in [1.165, 1.54) is 0 Å². The number of ether oxygens (including phenoxy) is 2. The fraction of sp³-hybridized carbons (Fsp3) is 1.00. The van der Waals surface area contributed by atoms with Gasteiger partial charge >= 0.3 is 0 Å². The zero-order valence-corrected chi connectivity index (χ0v) is 13.6. The van der Waals surface area contributed by atoms with Gasteiger partial charge in [-0.1, -0.05) is 48.0 Å². The fourth-order valence-corrected chi connectivity index (χ4v) is 2.61. The zero-order valence-electron chi connectivity index (χ0n) is 13.6. The molecule has 2 atom stereocenters. The highest BCUT2D eigenvalue weighted by atomic mass is 16.6. The molecule has 1 fully saturated rings. The molecule has 0 aromatic heterocycles. The molecule has 3 nitrogen and oxygen atoms in total. The summed E-state index contributed by atoms with van der Waals surface area (Å²) < 4.78 is 11.2. The van der Waals surface area contributed by atoms with Gasteiger partial charge in [-0.25, -0.2) is 0 Å². The lowest BCUT2D eigenvalue weighted by Gasteiger charge is -2.47. The molecular weight excluding hydrogens is 240 g/mol. The summed E-state index contributed by atoms with van der Waals surface area (Å²) in [4.78, 5) is 0. The van der Waals surface area contributed by atoms with Crippen molar-refractivity contribution in [2.24, 2.45) is 16.2 Å². The molecule has 1 aliphatic rings. The Morgan fingerprint density at radius 1 is 1.21 bits per heavy atom. The van der Waals surface area contributed by atoms with Gasteiger partial charge in [0, 0.05) is 10.8 Å². The number of aliphatic hydroxyl groups excluding tert-OH is 1. The van der Waals surface area contributed by atoms with Gasteiger partial charge in [0.05, 0.1) is 19.8 Å². The molecule has 1 heterocycles. The second-order valence-corrected chi connectivity index (χ2v) is 7.43. The Hall–Kier alpha value is -0.120. The van der Waals surface area contributed by atoms with Crippen molar-refractivity contribution in [2.45, 2.75) is 67.1 Å². The molecule has 19 heavy (non-hydrogen) atoms. The van der Waals surface area contributed by atoms with Crippen LogP contribution in [0.4, 0.5) is 0 Å². The van der Waals surface area contributed by atoms with E-state index in [9.17, 15) is 5.11 Å². The third kappa shape index (κ3) is 3.50. The summed E-state index contributed by atoms with van der Waals surface area (Å²) in [5.41, 5.74) is -0.0782. The smallest absolute Gasteiger partial charge is 0.160 e. The average Bonchev–Trinajstić information content (AvgIpc) is 2.26. The van der Waals surface area contributed by atoms with E-state index in [2.05, 4.69) is 41.5 Å². The molecule has 2 unspecified atom stereocenters. The summed E-state index contributed by atoms with van der Waals surface area (Å²) in [6.07, 6.45) is 2.35. The molecule has 0 radical (unpaired) electrons. The molecule has 0 saturated carbocycles. The molecule has 1 aliphatic heterocycles. The first-order chi connectivity index (χ1) is 8.71. The van der Waals surface area contributed by atoms with E-state index >= 15 is 0 Å². The topological polar surface area (TPSA) is 38.7 Å². The number of hydrogen-bond acceptors (Lipinski definition) is 3. The highest BCUT2D eigenvalue weighted by Crippen LogP contribution is 2.46. The first-order valence-corrected chi connectivity index (χ1v) is 7.58. The van der Waals surface area contributed by atoms with E-state index in [-0.39, 0.29) is 16.2 Å². The quantitative estimate of drug-likeness (QED) is 0.720. The third-order valence-electron chi connectivity index (χ3n) is 5.14. The van der Waals surface area contributed by atoms with Crippen molar-refractivity contribution in [1.82, 2.24) is 0 Å². The lowest BCUT2D eigenvalue weighted by atomic mass is 9.65. The Kier molecular flexibility index (Phi) is 5.44. The van der Waals surface area contributed by atoms with Crippen LogP contribution in [0.15, 0.2) is 0 Å². The molecule has 1 N–H and O–H groups in total. The van der Waals surface area contributed by atoms with Crippen LogP contribution < -0.4 is 0 Å². The maximum atomic E-state index is 10.6. The standard InChI is InChI=1S/C16H32O3/c1-7-9-15(6,14(3,4)5)13(17)19-12-16(8-2)10-18-11-16/h13,17H,7-12H2,1-6H3. The Morgan fingerprint density at radius 2 is 1.79 bits per heavy atom. The van der Waals surface area contributed by atoms with Gasteiger partial charge in [-0.3, -0.25) is 0 Å². The van der Waals surface area contributed by atoms with Crippen molar-refractivity contribution in [2.75, 3.05) is 19.8 Å². The Balaban J connectivity index is 2.65. The Labute approximate surface area is 118 Å². The minimum atomic E-state index is -0.712. The van der Waals surface area contributed by atoms with Gasteiger partial charge in [-0.15, -0.1) is 0 Å². The lowest BCUT2D eigenvalue weighted by Crippen LogP contribution is -2.50. The van der Waals surface area contributed by atoms with Crippen molar-refractivity contribution < 1.29 is 14.6 Å². The molecule has 0 aromatic rings. The van der Waals surface area contributed by atoms with Gasteiger partial charge in [0.15, 0.2) is 6.29 Å². The molecule has 0 aromatic carbocycles. The van der Waals surface area contributed by atoms with Crippen LogP contribution in [0.25, 0.3) is 0 Å². The zero-order chi connectivity index (χ0) is 14.7. The van der Waals surface area contributed by atoms with Gasteiger partial charge in [0.1, 0.15) is 0 Å². The predicted octanol–water partition coefficient (Wildman–Crippen LogP) is 3.60. The molecule has 1 saturated heterocycles. The normalized spacial score (nSPS) is 23.5. The number of hydrogen-bond donors (Lipinski definition) is 1. The van der Waals surface area contributed by atoms with Crippen LogP contribution in [0, 0.1) is 16.2 Å². The van der Waals surface area contributed by atoms with Crippen molar-refractivity contribution in [3.05, 3.63) is 0 Å². The monoisotopic (exact) mass is 272 g/mol. The van der Waals surface area contributed by atoms with Gasteiger partial charge < -0.3 is 14.6 Å². The first kappa shape index (κ1) is 16.9. The van der Waals surface area contributed by atoms with Crippen LogP contribution >= 0.6 is 0 Å². The van der Waals surface area contributed by atoms with E-state index in [1.54, 1.807) is 0 Å². The van der Waals surface area contributed by atoms with Gasteiger partial charge in [0.25, 0.3) is 0 Å². The SMILES string of the molecule is CCCC(C)(C(O)OCC1(CC)COC1)C(C)(C)C.